The van der Waals surface area contributed by atoms with Gasteiger partial charge in [0.15, 0.2) is 0 Å². The largest absolute Gasteiger partial charge is 0.494 e. The molecule has 3 aromatic carbocycles. The minimum absolute atomic E-state index is 0.00364. The molecule has 0 aliphatic carbocycles. The van der Waals surface area contributed by atoms with Gasteiger partial charge in [0.1, 0.15) is 24.2 Å². The lowest BCUT2D eigenvalue weighted by Crippen LogP contribution is -2.52. The van der Waals surface area contributed by atoms with E-state index in [-0.39, 0.29) is 23.9 Å². The number of aromatic amines is 1. The van der Waals surface area contributed by atoms with Gasteiger partial charge in [-0.15, -0.1) is 0 Å². The summed E-state index contributed by atoms with van der Waals surface area (Å²) in [6, 6.07) is 13.8. The summed E-state index contributed by atoms with van der Waals surface area (Å²) in [5, 5.41) is 4.81. The van der Waals surface area contributed by atoms with E-state index in [1.54, 1.807) is 0 Å². The molecule has 2 amide bonds. The van der Waals surface area contributed by atoms with Crippen LogP contribution >= 0.6 is 0 Å². The molecule has 2 saturated heterocycles. The molecule has 246 valence electrons. The van der Waals surface area contributed by atoms with Crippen molar-refractivity contribution in [1.82, 2.24) is 20.2 Å². The second-order valence-electron chi connectivity index (χ2n) is 14.5. The number of alkyl carbamates (subject to hydrolysis) is 1. The lowest BCUT2D eigenvalue weighted by molar-refractivity contribution is -0.137. The molecule has 3 aliphatic rings. The highest BCUT2D eigenvalue weighted by molar-refractivity contribution is 6.62. The average Bonchev–Trinajstić information content (AvgIpc) is 3.70. The number of ether oxygens (including phenoxy) is 2. The van der Waals surface area contributed by atoms with Gasteiger partial charge < -0.3 is 34.0 Å². The second kappa shape index (κ2) is 11.3. The Balaban J connectivity index is 1.21. The van der Waals surface area contributed by atoms with E-state index in [1.807, 2.05) is 31.7 Å². The van der Waals surface area contributed by atoms with E-state index in [2.05, 4.69) is 74.4 Å². The first-order valence-electron chi connectivity index (χ1n) is 16.5. The summed E-state index contributed by atoms with van der Waals surface area (Å²) < 4.78 is 23.8. The summed E-state index contributed by atoms with van der Waals surface area (Å²) in [6.45, 7) is 14.6. The van der Waals surface area contributed by atoms with Crippen LogP contribution in [0.5, 0.6) is 5.75 Å². The molecule has 2 N–H and O–H groups in total. The van der Waals surface area contributed by atoms with Gasteiger partial charge in [0.05, 0.1) is 35.4 Å². The number of hydrogen-bond acceptors (Lipinski definition) is 7. The molecule has 7 rings (SSSR count). The van der Waals surface area contributed by atoms with E-state index >= 15 is 0 Å². The summed E-state index contributed by atoms with van der Waals surface area (Å²) in [4.78, 5) is 36.4. The van der Waals surface area contributed by atoms with Crippen LogP contribution in [0.3, 0.4) is 0 Å². The quantitative estimate of drug-likeness (QED) is 0.258. The number of imidazole rings is 1. The first-order valence-corrected chi connectivity index (χ1v) is 16.5. The van der Waals surface area contributed by atoms with Crippen molar-refractivity contribution >= 4 is 46.4 Å². The molecule has 0 spiro atoms. The molecule has 10 nitrogen and oxygen atoms in total. The third-order valence-corrected chi connectivity index (χ3v) is 10.6. The predicted molar refractivity (Wildman–Crippen MR) is 182 cm³/mol. The number of methoxy groups -OCH3 is 1. The number of aromatic nitrogens is 2. The zero-order chi connectivity index (χ0) is 33.4. The highest BCUT2D eigenvalue weighted by atomic mass is 16.7. The molecule has 0 bridgehead atoms. The van der Waals surface area contributed by atoms with Crippen LogP contribution in [0.4, 0.5) is 4.79 Å². The lowest BCUT2D eigenvalue weighted by Gasteiger charge is -2.32. The summed E-state index contributed by atoms with van der Waals surface area (Å²) in [5.41, 5.74) is 5.17. The van der Waals surface area contributed by atoms with Crippen molar-refractivity contribution in [2.24, 2.45) is 5.92 Å². The van der Waals surface area contributed by atoms with E-state index in [1.165, 1.54) is 7.11 Å². The number of fused-ring (bicyclic) bond motifs is 6. The number of H-pyrrole nitrogens is 1. The SMILES string of the molecule is COC(=O)N[C@H](C(=O)N1[C@@H](C)CC[C@H]1c1nc2ccc3cc4c(cc3c2[nH]1)OCc1cc(B2OC(C)(C)C(C)(C)O2)ccc1-4)C(C)C. The minimum atomic E-state index is -0.699. The first kappa shape index (κ1) is 31.5. The van der Waals surface area contributed by atoms with Gasteiger partial charge in [0, 0.05) is 17.0 Å². The van der Waals surface area contributed by atoms with Gasteiger partial charge in [-0.25, -0.2) is 9.78 Å². The fourth-order valence-corrected chi connectivity index (χ4v) is 7.10. The van der Waals surface area contributed by atoms with E-state index in [9.17, 15) is 9.59 Å². The van der Waals surface area contributed by atoms with Crippen molar-refractivity contribution in [3.05, 3.63) is 53.9 Å². The lowest BCUT2D eigenvalue weighted by atomic mass is 9.77. The Morgan fingerprint density at radius 3 is 2.49 bits per heavy atom. The van der Waals surface area contributed by atoms with Crippen LogP contribution in [0.1, 0.15) is 78.7 Å². The van der Waals surface area contributed by atoms with Gasteiger partial charge in [-0.2, -0.15) is 0 Å². The van der Waals surface area contributed by atoms with Crippen molar-refractivity contribution in [2.45, 2.75) is 97.2 Å². The fraction of sp³-hybridized carbons (Fsp3) is 0.472. The smallest absolute Gasteiger partial charge is 0.488 e. The normalized spacial score (nSPS) is 21.9. The van der Waals surface area contributed by atoms with Crippen LogP contribution in [-0.2, 0) is 25.4 Å². The Bertz CT molecular complexity index is 1890. The Morgan fingerprint density at radius 2 is 1.79 bits per heavy atom. The van der Waals surface area contributed by atoms with Gasteiger partial charge in [0.2, 0.25) is 5.91 Å². The van der Waals surface area contributed by atoms with Crippen LogP contribution < -0.4 is 15.5 Å². The van der Waals surface area contributed by atoms with Crippen LogP contribution in [0.25, 0.3) is 32.9 Å². The molecule has 1 aromatic heterocycles. The van der Waals surface area contributed by atoms with E-state index < -0.39 is 30.5 Å². The molecule has 4 heterocycles. The summed E-state index contributed by atoms with van der Waals surface area (Å²) in [7, 11) is 0.873. The number of carbonyl (C=O) groups excluding carboxylic acids is 2. The summed E-state index contributed by atoms with van der Waals surface area (Å²) in [6.07, 6.45) is 1.000. The number of carbonyl (C=O) groups is 2. The molecule has 11 heteroatoms. The number of rotatable bonds is 5. The molecule has 3 atom stereocenters. The van der Waals surface area contributed by atoms with Gasteiger partial charge in [-0.1, -0.05) is 38.1 Å². The second-order valence-corrected chi connectivity index (χ2v) is 14.5. The van der Waals surface area contributed by atoms with Gasteiger partial charge in [-0.05, 0) is 93.6 Å². The number of nitrogens with zero attached hydrogens (tertiary/aromatic N) is 2. The molecule has 2 fully saturated rings. The number of likely N-dealkylation sites (tertiary alicyclic amines) is 1. The molecular weight excluding hydrogens is 595 g/mol. The third-order valence-electron chi connectivity index (χ3n) is 10.6. The van der Waals surface area contributed by atoms with E-state index in [0.29, 0.717) is 6.61 Å². The summed E-state index contributed by atoms with van der Waals surface area (Å²) in [5.74, 6) is 1.32. The van der Waals surface area contributed by atoms with Gasteiger partial charge in [0.25, 0.3) is 0 Å². The Labute approximate surface area is 275 Å². The van der Waals surface area contributed by atoms with Crippen molar-refractivity contribution in [1.29, 1.82) is 0 Å². The monoisotopic (exact) mass is 638 g/mol. The third kappa shape index (κ3) is 5.24. The molecule has 47 heavy (non-hydrogen) atoms. The predicted octanol–water partition coefficient (Wildman–Crippen LogP) is 6.01. The van der Waals surface area contributed by atoms with Gasteiger partial charge >= 0.3 is 13.2 Å². The number of hydrogen-bond donors (Lipinski definition) is 2. The highest BCUT2D eigenvalue weighted by Crippen LogP contribution is 2.43. The molecule has 0 radical (unpaired) electrons. The van der Waals surface area contributed by atoms with E-state index in [4.69, 9.17) is 23.8 Å². The molecular formula is C36H43BN4O6. The Morgan fingerprint density at radius 1 is 1.04 bits per heavy atom. The Kier molecular flexibility index (Phi) is 7.55. The van der Waals surface area contributed by atoms with Crippen LogP contribution in [0, 0.1) is 5.92 Å². The maximum absolute atomic E-state index is 13.9. The topological polar surface area (TPSA) is 115 Å². The zero-order valence-corrected chi connectivity index (χ0v) is 28.4. The van der Waals surface area contributed by atoms with Gasteiger partial charge in [-0.3, -0.25) is 4.79 Å². The van der Waals surface area contributed by atoms with Crippen LogP contribution in [0.2, 0.25) is 0 Å². The Hall–Kier alpha value is -4.09. The van der Waals surface area contributed by atoms with Crippen molar-refractivity contribution in [3.63, 3.8) is 0 Å². The molecule has 4 aromatic rings. The van der Waals surface area contributed by atoms with Crippen molar-refractivity contribution < 1.29 is 28.4 Å². The van der Waals surface area contributed by atoms with Crippen molar-refractivity contribution in [2.75, 3.05) is 7.11 Å². The fourth-order valence-electron chi connectivity index (χ4n) is 7.10. The number of benzene rings is 3. The first-order chi connectivity index (χ1) is 22.3. The molecule has 3 aliphatic heterocycles. The average molecular weight is 639 g/mol. The standard InChI is InChI=1S/C36H43BN4O6/c1-19(2)30(40-34(43)44-8)33(42)41-20(3)9-14-28(41)32-38-27-13-10-21-16-26-24-12-11-23(37-46-35(4,5)36(6,7)47-37)15-22(24)18-45-29(26)17-25(21)31(27)39-32/h10-13,15-17,19-20,28,30H,9,14,18H2,1-8H3,(H,38,39)(H,40,43)/t20-,28-,30-/m0/s1. The minimum Gasteiger partial charge on any atom is -0.488 e. The molecule has 0 saturated carbocycles. The summed E-state index contributed by atoms with van der Waals surface area (Å²) >= 11 is 0. The maximum atomic E-state index is 13.9. The maximum Gasteiger partial charge on any atom is 0.494 e. The van der Waals surface area contributed by atoms with Crippen LogP contribution in [0.15, 0.2) is 42.5 Å². The highest BCUT2D eigenvalue weighted by Gasteiger charge is 2.52. The van der Waals surface area contributed by atoms with E-state index in [0.717, 1.165) is 68.4 Å². The molecule has 0 unspecified atom stereocenters. The van der Waals surface area contributed by atoms with Crippen LogP contribution in [-0.4, -0.2) is 64.4 Å². The number of nitrogens with one attached hydrogen (secondary N) is 2. The number of amides is 2. The van der Waals surface area contributed by atoms with Crippen molar-refractivity contribution in [3.8, 4) is 16.9 Å². The zero-order valence-electron chi connectivity index (χ0n) is 28.4.